The predicted octanol–water partition coefficient (Wildman–Crippen LogP) is 3.63. The molecular formula is C15H10ClFN2O2. The Morgan fingerprint density at radius 1 is 1.29 bits per heavy atom. The molecule has 0 aliphatic heterocycles. The Hall–Kier alpha value is -2.58. The summed E-state index contributed by atoms with van der Waals surface area (Å²) in [7, 11) is 0. The molecule has 4 nitrogen and oxygen atoms in total. The van der Waals surface area contributed by atoms with Crippen LogP contribution in [0.2, 0.25) is 5.02 Å². The number of benzene rings is 2. The van der Waals surface area contributed by atoms with Crippen molar-refractivity contribution in [2.45, 2.75) is 0 Å². The van der Waals surface area contributed by atoms with Crippen molar-refractivity contribution in [3.8, 4) is 11.8 Å². The zero-order valence-electron chi connectivity index (χ0n) is 10.8. The number of hydrogen-bond acceptors (Lipinski definition) is 3. The summed E-state index contributed by atoms with van der Waals surface area (Å²) in [6.07, 6.45) is 0. The van der Waals surface area contributed by atoms with Gasteiger partial charge in [0.15, 0.2) is 6.61 Å². The van der Waals surface area contributed by atoms with Gasteiger partial charge in [0.1, 0.15) is 17.6 Å². The summed E-state index contributed by atoms with van der Waals surface area (Å²) in [5, 5.41) is 10.9. The molecule has 0 aliphatic rings. The van der Waals surface area contributed by atoms with Crippen LogP contribution in [0.4, 0.5) is 10.1 Å². The van der Waals surface area contributed by atoms with Gasteiger partial charge in [-0.05, 0) is 42.5 Å². The molecule has 0 atom stereocenters. The fourth-order valence-corrected chi connectivity index (χ4v) is 1.77. The maximum absolute atomic E-state index is 13.0. The Labute approximate surface area is 125 Å². The van der Waals surface area contributed by atoms with E-state index in [0.29, 0.717) is 11.4 Å². The molecule has 2 aromatic rings. The second-order valence-corrected chi connectivity index (χ2v) is 4.46. The van der Waals surface area contributed by atoms with E-state index in [1.165, 1.54) is 12.1 Å². The molecule has 1 amide bonds. The molecule has 0 radical (unpaired) electrons. The van der Waals surface area contributed by atoms with Crippen LogP contribution in [0.5, 0.6) is 5.75 Å². The van der Waals surface area contributed by atoms with Gasteiger partial charge in [0.05, 0.1) is 5.02 Å². The first-order valence-electron chi connectivity index (χ1n) is 5.96. The van der Waals surface area contributed by atoms with E-state index in [4.69, 9.17) is 21.6 Å². The van der Waals surface area contributed by atoms with Crippen LogP contribution in [0.15, 0.2) is 42.5 Å². The molecule has 0 saturated carbocycles. The van der Waals surface area contributed by atoms with Crippen LogP contribution in [-0.4, -0.2) is 12.5 Å². The van der Waals surface area contributed by atoms with Gasteiger partial charge in [-0.1, -0.05) is 11.6 Å². The second-order valence-electron chi connectivity index (χ2n) is 4.05. The van der Waals surface area contributed by atoms with Gasteiger partial charge in [-0.25, -0.2) is 4.39 Å². The zero-order chi connectivity index (χ0) is 15.2. The van der Waals surface area contributed by atoms with Gasteiger partial charge in [0.25, 0.3) is 5.91 Å². The Balaban J connectivity index is 2.05. The minimum atomic E-state index is -0.577. The fraction of sp³-hybridized carbons (Fsp3) is 0.0667. The SMILES string of the molecule is N#CCOc1ccc(NC(=O)c2ccc(F)c(Cl)c2)cc1. The molecule has 6 heteroatoms. The van der Waals surface area contributed by atoms with Crippen molar-refractivity contribution in [1.82, 2.24) is 0 Å². The van der Waals surface area contributed by atoms with Crippen molar-refractivity contribution >= 4 is 23.2 Å². The Kier molecular flexibility index (Phi) is 4.75. The van der Waals surface area contributed by atoms with Gasteiger partial charge in [-0.2, -0.15) is 5.26 Å². The maximum atomic E-state index is 13.0. The number of carbonyl (C=O) groups is 1. The average molecular weight is 305 g/mol. The summed E-state index contributed by atoms with van der Waals surface area (Å²) in [4.78, 5) is 12.0. The molecule has 106 valence electrons. The molecule has 1 N–H and O–H groups in total. The summed E-state index contributed by atoms with van der Waals surface area (Å²) < 4.78 is 18.1. The number of hydrogen-bond donors (Lipinski definition) is 1. The highest BCUT2D eigenvalue weighted by Crippen LogP contribution is 2.19. The first-order valence-corrected chi connectivity index (χ1v) is 6.34. The van der Waals surface area contributed by atoms with Crippen LogP contribution in [-0.2, 0) is 0 Å². The molecule has 0 heterocycles. The van der Waals surface area contributed by atoms with Gasteiger partial charge in [0.2, 0.25) is 0 Å². The van der Waals surface area contributed by atoms with Crippen molar-refractivity contribution in [3.63, 3.8) is 0 Å². The fourth-order valence-electron chi connectivity index (χ4n) is 1.59. The highest BCUT2D eigenvalue weighted by Gasteiger charge is 2.09. The first-order chi connectivity index (χ1) is 10.1. The van der Waals surface area contributed by atoms with E-state index in [1.807, 2.05) is 6.07 Å². The lowest BCUT2D eigenvalue weighted by atomic mass is 10.2. The van der Waals surface area contributed by atoms with Crippen molar-refractivity contribution in [3.05, 3.63) is 58.9 Å². The number of halogens is 2. The van der Waals surface area contributed by atoms with Crippen LogP contribution in [0.1, 0.15) is 10.4 Å². The summed E-state index contributed by atoms with van der Waals surface area (Å²) in [5.41, 5.74) is 0.802. The molecule has 0 spiro atoms. The van der Waals surface area contributed by atoms with E-state index in [2.05, 4.69) is 5.32 Å². The number of ether oxygens (including phenoxy) is 1. The maximum Gasteiger partial charge on any atom is 0.255 e. The number of nitrogens with one attached hydrogen (secondary N) is 1. The Morgan fingerprint density at radius 3 is 2.62 bits per heavy atom. The summed E-state index contributed by atoms with van der Waals surface area (Å²) in [6.45, 7) is -0.0419. The third kappa shape index (κ3) is 3.94. The van der Waals surface area contributed by atoms with E-state index in [0.717, 1.165) is 6.07 Å². The lowest BCUT2D eigenvalue weighted by Crippen LogP contribution is -2.11. The Bertz CT molecular complexity index is 696. The van der Waals surface area contributed by atoms with Crippen molar-refractivity contribution in [1.29, 1.82) is 5.26 Å². The van der Waals surface area contributed by atoms with E-state index in [1.54, 1.807) is 24.3 Å². The smallest absolute Gasteiger partial charge is 0.255 e. The largest absolute Gasteiger partial charge is 0.479 e. The molecule has 0 fully saturated rings. The highest BCUT2D eigenvalue weighted by atomic mass is 35.5. The summed E-state index contributed by atoms with van der Waals surface area (Å²) >= 11 is 5.63. The Morgan fingerprint density at radius 2 is 2.00 bits per heavy atom. The molecule has 0 bridgehead atoms. The van der Waals surface area contributed by atoms with Crippen LogP contribution >= 0.6 is 11.6 Å². The van der Waals surface area contributed by atoms with Crippen LogP contribution in [0.25, 0.3) is 0 Å². The van der Waals surface area contributed by atoms with E-state index >= 15 is 0 Å². The topological polar surface area (TPSA) is 62.1 Å². The zero-order valence-corrected chi connectivity index (χ0v) is 11.5. The number of amides is 1. The van der Waals surface area contributed by atoms with E-state index in [-0.39, 0.29) is 17.2 Å². The third-order valence-electron chi connectivity index (χ3n) is 2.60. The minimum absolute atomic E-state index is 0.0419. The molecule has 0 unspecified atom stereocenters. The van der Waals surface area contributed by atoms with E-state index in [9.17, 15) is 9.18 Å². The standard InChI is InChI=1S/C15H10ClFN2O2/c16-13-9-10(1-6-14(13)17)15(20)19-11-2-4-12(5-3-11)21-8-7-18/h1-6,9H,8H2,(H,19,20). The predicted molar refractivity (Wildman–Crippen MR) is 76.9 cm³/mol. The number of anilines is 1. The number of rotatable bonds is 4. The number of nitrogens with zero attached hydrogens (tertiary/aromatic N) is 1. The first kappa shape index (κ1) is 14.8. The monoisotopic (exact) mass is 304 g/mol. The minimum Gasteiger partial charge on any atom is -0.479 e. The molecular weight excluding hydrogens is 295 g/mol. The third-order valence-corrected chi connectivity index (χ3v) is 2.89. The molecule has 0 saturated heterocycles. The van der Waals surface area contributed by atoms with E-state index < -0.39 is 11.7 Å². The summed E-state index contributed by atoms with van der Waals surface area (Å²) in [6, 6.07) is 12.1. The molecule has 0 aromatic heterocycles. The quantitative estimate of drug-likeness (QED) is 0.938. The van der Waals surface area contributed by atoms with Crippen LogP contribution < -0.4 is 10.1 Å². The van der Waals surface area contributed by atoms with Gasteiger partial charge in [-0.3, -0.25) is 4.79 Å². The van der Waals surface area contributed by atoms with Gasteiger partial charge < -0.3 is 10.1 Å². The van der Waals surface area contributed by atoms with Gasteiger partial charge >= 0.3 is 0 Å². The van der Waals surface area contributed by atoms with Gasteiger partial charge in [0, 0.05) is 11.3 Å². The number of carbonyl (C=O) groups excluding carboxylic acids is 1. The lowest BCUT2D eigenvalue weighted by molar-refractivity contribution is 0.102. The van der Waals surface area contributed by atoms with Crippen LogP contribution in [0.3, 0.4) is 0 Å². The highest BCUT2D eigenvalue weighted by molar-refractivity contribution is 6.31. The average Bonchev–Trinajstić information content (AvgIpc) is 2.49. The van der Waals surface area contributed by atoms with Crippen molar-refractivity contribution in [2.75, 3.05) is 11.9 Å². The van der Waals surface area contributed by atoms with Crippen LogP contribution in [0, 0.1) is 17.1 Å². The molecule has 21 heavy (non-hydrogen) atoms. The van der Waals surface area contributed by atoms with Gasteiger partial charge in [-0.15, -0.1) is 0 Å². The summed E-state index contributed by atoms with van der Waals surface area (Å²) in [5.74, 6) is -0.450. The van der Waals surface area contributed by atoms with Crippen molar-refractivity contribution in [2.24, 2.45) is 0 Å². The normalized spacial score (nSPS) is 9.76. The molecule has 2 aromatic carbocycles. The van der Waals surface area contributed by atoms with Crippen molar-refractivity contribution < 1.29 is 13.9 Å². The second kappa shape index (κ2) is 6.73. The number of nitriles is 1. The molecule has 2 rings (SSSR count). The lowest BCUT2D eigenvalue weighted by Gasteiger charge is -2.07. The molecule has 0 aliphatic carbocycles.